The summed E-state index contributed by atoms with van der Waals surface area (Å²) in [6.07, 6.45) is 1.60. The fourth-order valence-electron chi connectivity index (χ4n) is 1.90. The van der Waals surface area contributed by atoms with Crippen molar-refractivity contribution >= 4 is 29.4 Å². The minimum absolute atomic E-state index is 0.00147. The van der Waals surface area contributed by atoms with Crippen molar-refractivity contribution in [1.82, 2.24) is 10.6 Å². The van der Waals surface area contributed by atoms with Crippen molar-refractivity contribution in [2.24, 2.45) is 5.92 Å². The number of carbonyl (C=O) groups excluding carboxylic acids is 2. The second-order valence-corrected chi connectivity index (χ2v) is 5.35. The fourth-order valence-corrected chi connectivity index (χ4v) is 2.03. The van der Waals surface area contributed by atoms with Crippen molar-refractivity contribution in [3.8, 4) is 0 Å². The molecule has 0 bridgehead atoms. The number of amides is 2. The number of hydrogen-bond donors (Lipinski definition) is 3. The first kappa shape index (κ1) is 15.3. The van der Waals surface area contributed by atoms with Gasteiger partial charge in [0.1, 0.15) is 6.04 Å². The molecule has 2 amide bonds. The molecule has 1 fully saturated rings. The summed E-state index contributed by atoms with van der Waals surface area (Å²) in [6, 6.07) is 5.36. The van der Waals surface area contributed by atoms with Crippen molar-refractivity contribution in [2.45, 2.75) is 18.9 Å². The van der Waals surface area contributed by atoms with Gasteiger partial charge in [0.25, 0.3) is 5.91 Å². The Balaban J connectivity index is 1.81. The van der Waals surface area contributed by atoms with Crippen molar-refractivity contribution in [3.05, 3.63) is 34.9 Å². The Hall–Kier alpha value is -2.08. The van der Waals surface area contributed by atoms with Crippen molar-refractivity contribution in [3.63, 3.8) is 0 Å². The van der Waals surface area contributed by atoms with Gasteiger partial charge in [-0.2, -0.15) is 0 Å². The first-order chi connectivity index (χ1) is 9.97. The van der Waals surface area contributed by atoms with Gasteiger partial charge in [-0.05, 0) is 43.0 Å². The van der Waals surface area contributed by atoms with E-state index in [0.29, 0.717) is 10.6 Å². The molecule has 112 valence electrons. The molecule has 0 radical (unpaired) electrons. The van der Waals surface area contributed by atoms with Gasteiger partial charge in [0.15, 0.2) is 0 Å². The highest BCUT2D eigenvalue weighted by Gasteiger charge is 2.37. The highest BCUT2D eigenvalue weighted by Crippen LogP contribution is 2.32. The van der Waals surface area contributed by atoms with Crippen LogP contribution in [0.2, 0.25) is 5.02 Å². The number of rotatable bonds is 6. The molecule has 6 nitrogen and oxygen atoms in total. The van der Waals surface area contributed by atoms with Crippen LogP contribution in [0.4, 0.5) is 0 Å². The first-order valence-electron chi connectivity index (χ1n) is 6.53. The highest BCUT2D eigenvalue weighted by molar-refractivity contribution is 6.30. The Morgan fingerprint density at radius 3 is 2.38 bits per heavy atom. The zero-order valence-corrected chi connectivity index (χ0v) is 11.9. The first-order valence-corrected chi connectivity index (χ1v) is 6.91. The summed E-state index contributed by atoms with van der Waals surface area (Å²) in [4.78, 5) is 34.4. The lowest BCUT2D eigenvalue weighted by Crippen LogP contribution is -2.46. The summed E-state index contributed by atoms with van der Waals surface area (Å²) in [5, 5.41) is 14.4. The number of carboxylic acids is 1. The maximum atomic E-state index is 11.8. The SMILES string of the molecule is O=C(CNC(=O)c1ccc(Cl)cc1)NC(C(=O)O)C1CC1. The Kier molecular flexibility index (Phi) is 4.80. The normalized spacial score (nSPS) is 15.1. The maximum absolute atomic E-state index is 11.8. The van der Waals surface area contributed by atoms with Crippen LogP contribution in [0, 0.1) is 5.92 Å². The van der Waals surface area contributed by atoms with Crippen LogP contribution >= 0.6 is 11.6 Å². The summed E-state index contributed by atoms with van der Waals surface area (Å²) in [6.45, 7) is -0.266. The van der Waals surface area contributed by atoms with E-state index in [-0.39, 0.29) is 12.5 Å². The smallest absolute Gasteiger partial charge is 0.326 e. The molecule has 1 aromatic rings. The average Bonchev–Trinajstić information content (AvgIpc) is 3.27. The van der Waals surface area contributed by atoms with Gasteiger partial charge in [0, 0.05) is 10.6 Å². The molecule has 1 unspecified atom stereocenters. The van der Waals surface area contributed by atoms with Gasteiger partial charge in [0.2, 0.25) is 5.91 Å². The molecule has 1 aromatic carbocycles. The van der Waals surface area contributed by atoms with Crippen LogP contribution < -0.4 is 10.6 Å². The van der Waals surface area contributed by atoms with Crippen LogP contribution in [-0.2, 0) is 9.59 Å². The van der Waals surface area contributed by atoms with E-state index in [0.717, 1.165) is 12.8 Å². The Bertz CT molecular complexity index is 555. The largest absolute Gasteiger partial charge is 0.480 e. The van der Waals surface area contributed by atoms with E-state index >= 15 is 0 Å². The monoisotopic (exact) mass is 310 g/mol. The lowest BCUT2D eigenvalue weighted by atomic mass is 10.2. The molecule has 0 aromatic heterocycles. The van der Waals surface area contributed by atoms with E-state index in [1.807, 2.05) is 0 Å². The molecule has 1 atom stereocenters. The Labute approximate surface area is 126 Å². The number of aliphatic carboxylic acids is 1. The van der Waals surface area contributed by atoms with Gasteiger partial charge >= 0.3 is 5.97 Å². The molecule has 3 N–H and O–H groups in total. The van der Waals surface area contributed by atoms with Crippen molar-refractivity contribution < 1.29 is 19.5 Å². The molecule has 0 aliphatic heterocycles. The topological polar surface area (TPSA) is 95.5 Å². The minimum Gasteiger partial charge on any atom is -0.480 e. The van der Waals surface area contributed by atoms with Crippen LogP contribution in [0.1, 0.15) is 23.2 Å². The minimum atomic E-state index is -1.05. The standard InChI is InChI=1S/C14H15ClN2O4/c15-10-5-3-9(4-6-10)13(19)16-7-11(18)17-12(14(20)21)8-1-2-8/h3-6,8,12H,1-2,7H2,(H,16,19)(H,17,18)(H,20,21). The van der Waals surface area contributed by atoms with Crippen LogP contribution in [0.3, 0.4) is 0 Å². The van der Waals surface area contributed by atoms with Gasteiger partial charge in [0.05, 0.1) is 6.54 Å². The Morgan fingerprint density at radius 2 is 1.86 bits per heavy atom. The number of carboxylic acid groups (broad SMARTS) is 1. The zero-order valence-electron chi connectivity index (χ0n) is 11.1. The molecule has 2 rings (SSSR count). The molecule has 1 aliphatic rings. The van der Waals surface area contributed by atoms with E-state index in [9.17, 15) is 14.4 Å². The predicted molar refractivity (Wildman–Crippen MR) is 76.1 cm³/mol. The van der Waals surface area contributed by atoms with E-state index in [1.54, 1.807) is 24.3 Å². The van der Waals surface area contributed by atoms with Gasteiger partial charge in [-0.25, -0.2) is 4.79 Å². The van der Waals surface area contributed by atoms with Crippen molar-refractivity contribution in [2.75, 3.05) is 6.54 Å². The third-order valence-electron chi connectivity index (χ3n) is 3.19. The molecule has 1 saturated carbocycles. The molecule has 1 aliphatic carbocycles. The van der Waals surface area contributed by atoms with Crippen LogP contribution in [-0.4, -0.2) is 35.5 Å². The lowest BCUT2D eigenvalue weighted by molar-refractivity contribution is -0.142. The van der Waals surface area contributed by atoms with E-state index in [2.05, 4.69) is 10.6 Å². The summed E-state index contributed by atoms with van der Waals surface area (Å²) in [5.41, 5.74) is 0.379. The molecular weight excluding hydrogens is 296 g/mol. The van der Waals surface area contributed by atoms with Crippen molar-refractivity contribution in [1.29, 1.82) is 0 Å². The number of carbonyl (C=O) groups is 3. The van der Waals surface area contributed by atoms with Crippen LogP contribution in [0.15, 0.2) is 24.3 Å². The number of hydrogen-bond acceptors (Lipinski definition) is 3. The van der Waals surface area contributed by atoms with E-state index < -0.39 is 23.8 Å². The van der Waals surface area contributed by atoms with Gasteiger partial charge in [-0.15, -0.1) is 0 Å². The third kappa shape index (κ3) is 4.46. The van der Waals surface area contributed by atoms with Crippen LogP contribution in [0.5, 0.6) is 0 Å². The summed E-state index contributed by atoms with van der Waals surface area (Å²) >= 11 is 5.71. The fraction of sp³-hybridized carbons (Fsp3) is 0.357. The molecule has 0 saturated heterocycles. The number of halogens is 1. The number of benzene rings is 1. The van der Waals surface area contributed by atoms with E-state index in [1.165, 1.54) is 0 Å². The zero-order chi connectivity index (χ0) is 15.4. The average molecular weight is 311 g/mol. The summed E-state index contributed by atoms with van der Waals surface area (Å²) in [7, 11) is 0. The van der Waals surface area contributed by atoms with Gasteiger partial charge < -0.3 is 15.7 Å². The number of nitrogens with one attached hydrogen (secondary N) is 2. The lowest BCUT2D eigenvalue weighted by Gasteiger charge is -2.13. The molecule has 0 spiro atoms. The quantitative estimate of drug-likeness (QED) is 0.732. The maximum Gasteiger partial charge on any atom is 0.326 e. The second kappa shape index (κ2) is 6.58. The molecule has 0 heterocycles. The molecule has 21 heavy (non-hydrogen) atoms. The van der Waals surface area contributed by atoms with Crippen LogP contribution in [0.25, 0.3) is 0 Å². The summed E-state index contributed by atoms with van der Waals surface area (Å²) in [5.74, 6) is -1.98. The highest BCUT2D eigenvalue weighted by atomic mass is 35.5. The third-order valence-corrected chi connectivity index (χ3v) is 3.44. The van der Waals surface area contributed by atoms with Gasteiger partial charge in [-0.3, -0.25) is 9.59 Å². The molecular formula is C14H15ClN2O4. The predicted octanol–water partition coefficient (Wildman–Crippen LogP) is 1.05. The second-order valence-electron chi connectivity index (χ2n) is 4.91. The molecule has 7 heteroatoms. The summed E-state index contributed by atoms with van der Waals surface area (Å²) < 4.78 is 0. The van der Waals surface area contributed by atoms with E-state index in [4.69, 9.17) is 16.7 Å². The Morgan fingerprint density at radius 1 is 1.24 bits per heavy atom. The van der Waals surface area contributed by atoms with Gasteiger partial charge in [-0.1, -0.05) is 11.6 Å².